The van der Waals surface area contributed by atoms with Crippen LogP contribution in [-0.2, 0) is 0 Å². The predicted octanol–water partition coefficient (Wildman–Crippen LogP) is 2.59. The highest BCUT2D eigenvalue weighted by atomic mass is 16.5. The van der Waals surface area contributed by atoms with Gasteiger partial charge in [0.2, 0.25) is 0 Å². The average Bonchev–Trinajstić information content (AvgIpc) is 3.09. The number of β-amino-alcohol motifs (C(OH)–C–C–N with tert-alkyl or cyclic N) is 1. The number of aromatic nitrogens is 2. The van der Waals surface area contributed by atoms with Crippen LogP contribution < -0.4 is 4.74 Å². The number of rotatable bonds is 3. The molecular weight excluding hydrogens is 330 g/mol. The van der Waals surface area contributed by atoms with Gasteiger partial charge in [0, 0.05) is 30.5 Å². The van der Waals surface area contributed by atoms with E-state index in [2.05, 4.69) is 9.97 Å². The van der Waals surface area contributed by atoms with Gasteiger partial charge in [-0.3, -0.25) is 14.8 Å². The molecule has 0 saturated carbocycles. The Hall–Kier alpha value is -2.99. The topological polar surface area (TPSA) is 75.6 Å². The fourth-order valence-electron chi connectivity index (χ4n) is 3.53. The van der Waals surface area contributed by atoms with Crippen LogP contribution in [0.25, 0.3) is 10.9 Å². The first-order chi connectivity index (χ1) is 12.7. The van der Waals surface area contributed by atoms with Crippen molar-refractivity contribution in [1.82, 2.24) is 14.9 Å². The van der Waals surface area contributed by atoms with Crippen molar-refractivity contribution in [2.75, 3.05) is 13.7 Å². The summed E-state index contributed by atoms with van der Waals surface area (Å²) in [6.07, 6.45) is 4.88. The third kappa shape index (κ3) is 2.88. The molecule has 1 aliphatic rings. The van der Waals surface area contributed by atoms with Crippen LogP contribution >= 0.6 is 0 Å². The van der Waals surface area contributed by atoms with Crippen LogP contribution in [0.1, 0.15) is 28.4 Å². The number of carbonyl (C=O) groups excluding carboxylic acids is 1. The molecular formula is C20H19N3O3. The second-order valence-electron chi connectivity index (χ2n) is 6.39. The summed E-state index contributed by atoms with van der Waals surface area (Å²) in [4.78, 5) is 23.4. The van der Waals surface area contributed by atoms with Crippen LogP contribution in [0.5, 0.6) is 5.75 Å². The van der Waals surface area contributed by atoms with Crippen molar-refractivity contribution in [3.8, 4) is 5.75 Å². The van der Waals surface area contributed by atoms with E-state index in [0.717, 1.165) is 16.8 Å². The second kappa shape index (κ2) is 6.72. The third-order valence-electron chi connectivity index (χ3n) is 4.79. The lowest BCUT2D eigenvalue weighted by atomic mass is 10.0. The Labute approximate surface area is 151 Å². The van der Waals surface area contributed by atoms with Gasteiger partial charge in [0.15, 0.2) is 0 Å². The molecule has 1 aliphatic heterocycles. The first-order valence-corrected chi connectivity index (χ1v) is 8.49. The number of amides is 1. The summed E-state index contributed by atoms with van der Waals surface area (Å²) in [5.74, 6) is 0.601. The second-order valence-corrected chi connectivity index (χ2v) is 6.39. The summed E-state index contributed by atoms with van der Waals surface area (Å²) >= 11 is 0. The van der Waals surface area contributed by atoms with E-state index in [1.54, 1.807) is 42.7 Å². The lowest BCUT2D eigenvalue weighted by molar-refractivity contribution is 0.0717. The minimum Gasteiger partial charge on any atom is -0.497 e. The fourth-order valence-corrected chi connectivity index (χ4v) is 3.53. The monoisotopic (exact) mass is 349 g/mol. The molecule has 2 aromatic heterocycles. The van der Waals surface area contributed by atoms with Gasteiger partial charge in [-0.25, -0.2) is 0 Å². The minimum atomic E-state index is -0.554. The first-order valence-electron chi connectivity index (χ1n) is 8.49. The number of fused-ring (bicyclic) bond motifs is 1. The van der Waals surface area contributed by atoms with Crippen molar-refractivity contribution >= 4 is 16.8 Å². The summed E-state index contributed by atoms with van der Waals surface area (Å²) in [5, 5.41) is 10.9. The summed E-state index contributed by atoms with van der Waals surface area (Å²) in [6, 6.07) is 10.9. The van der Waals surface area contributed by atoms with E-state index >= 15 is 0 Å². The number of benzene rings is 1. The smallest absolute Gasteiger partial charge is 0.255 e. The number of likely N-dealkylation sites (tertiary alicyclic amines) is 1. The quantitative estimate of drug-likeness (QED) is 0.787. The van der Waals surface area contributed by atoms with E-state index in [0.29, 0.717) is 23.9 Å². The molecule has 0 bridgehead atoms. The van der Waals surface area contributed by atoms with Gasteiger partial charge in [-0.1, -0.05) is 12.1 Å². The molecule has 3 aromatic rings. The number of aliphatic hydroxyl groups excluding tert-OH is 1. The Bertz CT molecular complexity index is 954. The van der Waals surface area contributed by atoms with Crippen molar-refractivity contribution < 1.29 is 14.6 Å². The maximum absolute atomic E-state index is 13.3. The van der Waals surface area contributed by atoms with E-state index in [9.17, 15) is 9.90 Å². The zero-order valence-electron chi connectivity index (χ0n) is 14.4. The van der Waals surface area contributed by atoms with E-state index < -0.39 is 6.10 Å². The van der Waals surface area contributed by atoms with E-state index in [1.165, 1.54) is 0 Å². The number of ether oxygens (including phenoxy) is 1. The van der Waals surface area contributed by atoms with Crippen molar-refractivity contribution in [3.63, 3.8) is 0 Å². The van der Waals surface area contributed by atoms with Crippen LogP contribution in [0.15, 0.2) is 55.0 Å². The molecule has 6 nitrogen and oxygen atoms in total. The summed E-state index contributed by atoms with van der Waals surface area (Å²) in [7, 11) is 1.61. The Kier molecular flexibility index (Phi) is 4.26. The van der Waals surface area contributed by atoms with Gasteiger partial charge in [0.05, 0.1) is 30.3 Å². The fraction of sp³-hybridized carbons (Fsp3) is 0.250. The standard InChI is InChI=1S/C20H19N3O3/c1-26-15-4-2-3-13(9-15)19-10-14(24)12-23(19)20(25)16-5-8-22-18-6-7-21-11-17(16)18/h2-9,11,14,19,24H,10,12H2,1H3. The molecule has 4 rings (SSSR count). The Morgan fingerprint density at radius 3 is 3.00 bits per heavy atom. The molecule has 0 spiro atoms. The van der Waals surface area contributed by atoms with Gasteiger partial charge in [0.1, 0.15) is 5.75 Å². The molecule has 0 aliphatic carbocycles. The molecule has 3 heterocycles. The van der Waals surface area contributed by atoms with Gasteiger partial charge in [-0.15, -0.1) is 0 Å². The molecule has 2 unspecified atom stereocenters. The third-order valence-corrected chi connectivity index (χ3v) is 4.79. The molecule has 6 heteroatoms. The maximum atomic E-state index is 13.3. The van der Waals surface area contributed by atoms with E-state index in [1.807, 2.05) is 24.3 Å². The minimum absolute atomic E-state index is 0.130. The molecule has 1 aromatic carbocycles. The van der Waals surface area contributed by atoms with Gasteiger partial charge in [-0.05, 0) is 36.2 Å². The lowest BCUT2D eigenvalue weighted by Crippen LogP contribution is -2.32. The number of hydrogen-bond acceptors (Lipinski definition) is 5. The van der Waals surface area contributed by atoms with Gasteiger partial charge in [0.25, 0.3) is 5.91 Å². The summed E-state index contributed by atoms with van der Waals surface area (Å²) in [6.45, 7) is 0.296. The molecule has 0 radical (unpaired) electrons. The van der Waals surface area contributed by atoms with Crippen LogP contribution in [-0.4, -0.2) is 45.6 Å². The maximum Gasteiger partial charge on any atom is 0.255 e. The van der Waals surface area contributed by atoms with E-state index in [4.69, 9.17) is 4.74 Å². The Morgan fingerprint density at radius 1 is 1.27 bits per heavy atom. The SMILES string of the molecule is COc1cccc(C2CC(O)CN2C(=O)c2ccnc3ccncc23)c1. The van der Waals surface area contributed by atoms with Gasteiger partial charge >= 0.3 is 0 Å². The molecule has 1 saturated heterocycles. The van der Waals surface area contributed by atoms with Crippen LogP contribution in [0.4, 0.5) is 0 Å². The zero-order valence-corrected chi connectivity index (χ0v) is 14.4. The molecule has 2 atom stereocenters. The Morgan fingerprint density at radius 2 is 2.15 bits per heavy atom. The van der Waals surface area contributed by atoms with Crippen molar-refractivity contribution in [1.29, 1.82) is 0 Å². The molecule has 1 fully saturated rings. The largest absolute Gasteiger partial charge is 0.497 e. The van der Waals surface area contributed by atoms with Crippen LogP contribution in [0.2, 0.25) is 0 Å². The number of pyridine rings is 2. The van der Waals surface area contributed by atoms with Crippen LogP contribution in [0, 0.1) is 0 Å². The number of nitrogens with zero attached hydrogens (tertiary/aromatic N) is 3. The van der Waals surface area contributed by atoms with Crippen LogP contribution in [0.3, 0.4) is 0 Å². The first kappa shape index (κ1) is 16.5. The molecule has 1 N–H and O–H groups in total. The lowest BCUT2D eigenvalue weighted by Gasteiger charge is -2.25. The zero-order chi connectivity index (χ0) is 18.1. The number of aliphatic hydroxyl groups is 1. The highest BCUT2D eigenvalue weighted by molar-refractivity contribution is 6.06. The average molecular weight is 349 g/mol. The van der Waals surface area contributed by atoms with Gasteiger partial charge < -0.3 is 14.7 Å². The normalized spacial score (nSPS) is 19.7. The van der Waals surface area contributed by atoms with Crippen molar-refractivity contribution in [3.05, 3.63) is 66.1 Å². The number of hydrogen-bond donors (Lipinski definition) is 1. The Balaban J connectivity index is 1.73. The van der Waals surface area contributed by atoms with Crippen molar-refractivity contribution in [2.24, 2.45) is 0 Å². The summed E-state index contributed by atoms with van der Waals surface area (Å²) < 4.78 is 5.30. The predicted molar refractivity (Wildman–Crippen MR) is 96.9 cm³/mol. The summed E-state index contributed by atoms with van der Waals surface area (Å²) in [5.41, 5.74) is 2.22. The molecule has 132 valence electrons. The highest BCUT2D eigenvalue weighted by Crippen LogP contribution is 2.35. The van der Waals surface area contributed by atoms with E-state index in [-0.39, 0.29) is 11.9 Å². The highest BCUT2D eigenvalue weighted by Gasteiger charge is 2.36. The number of carbonyl (C=O) groups is 1. The van der Waals surface area contributed by atoms with Crippen molar-refractivity contribution in [2.45, 2.75) is 18.6 Å². The molecule has 26 heavy (non-hydrogen) atoms. The number of methoxy groups -OCH3 is 1. The molecule has 1 amide bonds. The van der Waals surface area contributed by atoms with Gasteiger partial charge in [-0.2, -0.15) is 0 Å².